The number of carbonyl (C=O) groups is 1. The number of ether oxygens (including phenoxy) is 2. The molecule has 3 rings (SSSR count). The van der Waals surface area contributed by atoms with Gasteiger partial charge in [0.2, 0.25) is 0 Å². The van der Waals surface area contributed by atoms with E-state index in [1.165, 1.54) is 0 Å². The summed E-state index contributed by atoms with van der Waals surface area (Å²) in [4.78, 5) is 14.9. The summed E-state index contributed by atoms with van der Waals surface area (Å²) in [5.41, 5.74) is 0.233. The van der Waals surface area contributed by atoms with E-state index in [2.05, 4.69) is 5.32 Å². The molecule has 1 aromatic carbocycles. The van der Waals surface area contributed by atoms with Gasteiger partial charge in [-0.2, -0.15) is 0 Å². The lowest BCUT2D eigenvalue weighted by Gasteiger charge is -2.41. The van der Waals surface area contributed by atoms with Gasteiger partial charge >= 0.3 is 0 Å². The van der Waals surface area contributed by atoms with Crippen molar-refractivity contribution in [2.45, 2.75) is 24.5 Å². The summed E-state index contributed by atoms with van der Waals surface area (Å²) in [7, 11) is 1.63. The Balaban J connectivity index is 1.75. The highest BCUT2D eigenvalue weighted by Crippen LogP contribution is 2.31. The van der Waals surface area contributed by atoms with Gasteiger partial charge in [-0.05, 0) is 32.0 Å². The summed E-state index contributed by atoms with van der Waals surface area (Å²) in [5, 5.41) is 3.96. The van der Waals surface area contributed by atoms with Crippen molar-refractivity contribution in [1.29, 1.82) is 0 Å². The lowest BCUT2D eigenvalue weighted by molar-refractivity contribution is -0.165. The van der Waals surface area contributed by atoms with Gasteiger partial charge in [-0.3, -0.25) is 4.79 Å². The molecular weight excluding hydrogens is 316 g/mol. The Morgan fingerprint density at radius 3 is 2.83 bits per heavy atom. The first-order valence-corrected chi connectivity index (χ1v) is 8.45. The number of rotatable bonds is 3. The van der Waals surface area contributed by atoms with Crippen LogP contribution in [0.3, 0.4) is 0 Å². The van der Waals surface area contributed by atoms with E-state index in [4.69, 9.17) is 21.1 Å². The van der Waals surface area contributed by atoms with Crippen LogP contribution in [0.25, 0.3) is 0 Å². The van der Waals surface area contributed by atoms with E-state index >= 15 is 0 Å². The number of nitrogens with zero attached hydrogens (tertiary/aromatic N) is 1. The number of morpholine rings is 1. The molecule has 0 spiro atoms. The Kier molecular flexibility index (Phi) is 5.21. The fourth-order valence-corrected chi connectivity index (χ4v) is 3.64. The number of nitrogens with one attached hydrogen (secondary N) is 1. The van der Waals surface area contributed by atoms with Gasteiger partial charge in [-0.25, -0.2) is 0 Å². The number of benzene rings is 1. The number of hydrogen-bond donors (Lipinski definition) is 1. The summed E-state index contributed by atoms with van der Waals surface area (Å²) in [6.07, 6.45) is 1.23. The molecule has 2 saturated heterocycles. The van der Waals surface area contributed by atoms with Gasteiger partial charge in [-0.15, -0.1) is 0 Å². The number of amides is 1. The molecule has 126 valence electrons. The highest BCUT2D eigenvalue weighted by Gasteiger charge is 2.43. The molecule has 0 bridgehead atoms. The van der Waals surface area contributed by atoms with Crippen molar-refractivity contribution in [3.8, 4) is 0 Å². The topological polar surface area (TPSA) is 50.8 Å². The first-order valence-electron chi connectivity index (χ1n) is 8.07. The van der Waals surface area contributed by atoms with E-state index in [-0.39, 0.29) is 12.0 Å². The van der Waals surface area contributed by atoms with Crippen LogP contribution < -0.4 is 5.32 Å². The highest BCUT2D eigenvalue weighted by atomic mass is 35.5. The molecule has 2 aliphatic heterocycles. The van der Waals surface area contributed by atoms with Crippen LogP contribution >= 0.6 is 11.6 Å². The predicted octanol–water partition coefficient (Wildman–Crippen LogP) is 2.01. The monoisotopic (exact) mass is 338 g/mol. The number of methoxy groups -OCH3 is 1. The summed E-state index contributed by atoms with van der Waals surface area (Å²) in [5.74, 6) is 0.0712. The summed E-state index contributed by atoms with van der Waals surface area (Å²) >= 11 is 6.27. The maximum Gasteiger partial charge on any atom is 0.255 e. The van der Waals surface area contributed by atoms with Gasteiger partial charge in [0.15, 0.2) is 0 Å². The molecule has 2 heterocycles. The van der Waals surface area contributed by atoms with Gasteiger partial charge in [0.25, 0.3) is 5.91 Å². The molecule has 0 saturated carbocycles. The number of halogens is 1. The second-order valence-electron chi connectivity index (χ2n) is 6.08. The van der Waals surface area contributed by atoms with Gasteiger partial charge in [0.05, 0.1) is 13.2 Å². The van der Waals surface area contributed by atoms with Crippen molar-refractivity contribution in [1.82, 2.24) is 10.2 Å². The van der Waals surface area contributed by atoms with E-state index in [1.54, 1.807) is 7.11 Å². The van der Waals surface area contributed by atoms with Crippen molar-refractivity contribution >= 4 is 17.5 Å². The molecule has 6 heteroatoms. The molecule has 1 unspecified atom stereocenters. The Bertz CT molecular complexity index is 561. The quantitative estimate of drug-likeness (QED) is 0.916. The number of piperidine rings is 1. The molecular formula is C17H23ClN2O3. The maximum absolute atomic E-state index is 13.1. The first kappa shape index (κ1) is 16.7. The third-order valence-electron chi connectivity index (χ3n) is 4.80. The molecule has 5 nitrogen and oxygen atoms in total. The predicted molar refractivity (Wildman–Crippen MR) is 88.6 cm³/mol. The minimum Gasteiger partial charge on any atom is -0.370 e. The van der Waals surface area contributed by atoms with Crippen molar-refractivity contribution < 1.29 is 14.3 Å². The Labute approximate surface area is 141 Å². The third kappa shape index (κ3) is 3.38. The zero-order valence-corrected chi connectivity index (χ0v) is 14.1. The van der Waals surface area contributed by atoms with Crippen molar-refractivity contribution in [2.24, 2.45) is 0 Å². The van der Waals surface area contributed by atoms with Gasteiger partial charge < -0.3 is 19.7 Å². The van der Waals surface area contributed by atoms with Crippen molar-refractivity contribution in [2.75, 3.05) is 39.9 Å². The van der Waals surface area contributed by atoms with E-state index < -0.39 is 5.60 Å². The molecule has 0 radical (unpaired) electrons. The fourth-order valence-electron chi connectivity index (χ4n) is 3.38. The smallest absolute Gasteiger partial charge is 0.255 e. The Morgan fingerprint density at radius 1 is 1.39 bits per heavy atom. The zero-order valence-electron chi connectivity index (χ0n) is 13.4. The average Bonchev–Trinajstić information content (AvgIpc) is 2.62. The molecule has 0 aromatic heterocycles. The summed E-state index contributed by atoms with van der Waals surface area (Å²) in [6, 6.07) is 7.64. The maximum atomic E-state index is 13.1. The van der Waals surface area contributed by atoms with Crippen LogP contribution in [0.2, 0.25) is 5.02 Å². The number of hydrogen-bond acceptors (Lipinski definition) is 4. The lowest BCUT2D eigenvalue weighted by atomic mass is 9.90. The highest BCUT2D eigenvalue weighted by molar-refractivity contribution is 6.31. The Hall–Kier alpha value is -1.14. The van der Waals surface area contributed by atoms with E-state index in [0.29, 0.717) is 37.6 Å². The molecule has 2 fully saturated rings. The van der Waals surface area contributed by atoms with Gasteiger partial charge in [0.1, 0.15) is 11.7 Å². The molecule has 2 aliphatic rings. The van der Waals surface area contributed by atoms with Gasteiger partial charge in [0, 0.05) is 24.2 Å². The van der Waals surface area contributed by atoms with Crippen LogP contribution in [0.4, 0.5) is 0 Å². The van der Waals surface area contributed by atoms with E-state index in [9.17, 15) is 4.79 Å². The molecule has 1 atom stereocenters. The molecule has 1 aromatic rings. The molecule has 0 aliphatic carbocycles. The third-order valence-corrected chi connectivity index (χ3v) is 5.14. The first-order chi connectivity index (χ1) is 11.2. The minimum absolute atomic E-state index is 0.0712. The van der Waals surface area contributed by atoms with Gasteiger partial charge in [-0.1, -0.05) is 29.8 Å². The second kappa shape index (κ2) is 7.18. The van der Waals surface area contributed by atoms with Crippen molar-refractivity contribution in [3.05, 3.63) is 34.9 Å². The molecule has 23 heavy (non-hydrogen) atoms. The largest absolute Gasteiger partial charge is 0.370 e. The minimum atomic E-state index is -0.701. The normalized spacial score (nSPS) is 24.4. The van der Waals surface area contributed by atoms with E-state index in [1.807, 2.05) is 29.2 Å². The Morgan fingerprint density at radius 2 is 2.13 bits per heavy atom. The fraction of sp³-hybridized carbons (Fsp3) is 0.588. The average molecular weight is 339 g/mol. The van der Waals surface area contributed by atoms with Crippen molar-refractivity contribution in [3.63, 3.8) is 0 Å². The number of carbonyl (C=O) groups excluding carboxylic acids is 1. The second-order valence-corrected chi connectivity index (χ2v) is 6.49. The zero-order chi connectivity index (χ0) is 16.3. The lowest BCUT2D eigenvalue weighted by Crippen LogP contribution is -2.57. The van der Waals surface area contributed by atoms with Crippen LogP contribution in [0, 0.1) is 0 Å². The standard InChI is InChI=1S/C17H23ClN2O3/c1-22-17(6-8-19-9-7-17)16(21)20-10-11-23-15(12-20)13-4-2-3-5-14(13)18/h2-5,15,19H,6-12H2,1H3. The van der Waals surface area contributed by atoms with Crippen LogP contribution in [0.1, 0.15) is 24.5 Å². The SMILES string of the molecule is COC1(C(=O)N2CCOC(c3ccccc3Cl)C2)CCNCC1. The van der Waals surface area contributed by atoms with Crippen LogP contribution in [-0.2, 0) is 14.3 Å². The van der Waals surface area contributed by atoms with Crippen LogP contribution in [-0.4, -0.2) is 56.3 Å². The van der Waals surface area contributed by atoms with Crippen LogP contribution in [0.15, 0.2) is 24.3 Å². The summed E-state index contributed by atoms with van der Waals surface area (Å²) < 4.78 is 11.5. The van der Waals surface area contributed by atoms with Crippen LogP contribution in [0.5, 0.6) is 0 Å². The summed E-state index contributed by atoms with van der Waals surface area (Å²) in [6.45, 7) is 3.23. The molecule has 1 amide bonds. The molecule has 1 N–H and O–H groups in total. The van der Waals surface area contributed by atoms with E-state index in [0.717, 1.165) is 18.7 Å².